The van der Waals surface area contributed by atoms with Crippen LogP contribution in [-0.4, -0.2) is 72.3 Å². The molecular weight excluding hydrogens is 338 g/mol. The molecule has 0 unspecified atom stereocenters. The highest BCUT2D eigenvalue weighted by atomic mass is 16.2. The number of aryl methyl sites for hydroxylation is 1. The first-order valence-electron chi connectivity index (χ1n) is 10.5. The zero-order valence-corrected chi connectivity index (χ0v) is 16.4. The maximum Gasteiger partial charge on any atom is 0.222 e. The smallest absolute Gasteiger partial charge is 0.222 e. The highest BCUT2D eigenvalue weighted by molar-refractivity contribution is 5.78. The number of carbonyl (C=O) groups excluding carboxylic acids is 2. The zero-order chi connectivity index (χ0) is 18.9. The first-order chi connectivity index (χ1) is 13.2. The molecule has 2 saturated heterocycles. The van der Waals surface area contributed by atoms with Crippen LogP contribution in [0.5, 0.6) is 0 Å². The fourth-order valence-corrected chi connectivity index (χ4v) is 4.12. The lowest BCUT2D eigenvalue weighted by molar-refractivity contribution is -0.132. The Hall–Kier alpha value is -1.88. The number of likely N-dealkylation sites (tertiary alicyclic amines) is 1. The zero-order valence-electron chi connectivity index (χ0n) is 16.4. The minimum Gasteiger partial charge on any atom is -0.343 e. The van der Waals surface area contributed by atoms with Gasteiger partial charge in [0.1, 0.15) is 0 Å². The molecule has 27 heavy (non-hydrogen) atoms. The fraction of sp³-hybridized carbons (Fsp3) is 0.636. The standard InChI is InChI=1S/C22H33N3O2/c26-21-11-5-15-24(21)16-6-12-22(27)25-17-7-14-23(18-19-25)13-4-10-20-8-2-1-3-9-20/h1-3,8-9H,4-7,10-19H2. The van der Waals surface area contributed by atoms with Crippen molar-refractivity contribution in [1.82, 2.24) is 14.7 Å². The number of hydrogen-bond donors (Lipinski definition) is 0. The van der Waals surface area contributed by atoms with Gasteiger partial charge in [0, 0.05) is 45.6 Å². The molecule has 2 fully saturated rings. The van der Waals surface area contributed by atoms with Gasteiger partial charge in [0.05, 0.1) is 0 Å². The van der Waals surface area contributed by atoms with Crippen LogP contribution in [-0.2, 0) is 16.0 Å². The molecule has 2 heterocycles. The number of hydrogen-bond acceptors (Lipinski definition) is 3. The van der Waals surface area contributed by atoms with E-state index in [0.29, 0.717) is 12.8 Å². The van der Waals surface area contributed by atoms with Gasteiger partial charge in [-0.2, -0.15) is 0 Å². The van der Waals surface area contributed by atoms with E-state index in [1.165, 1.54) is 12.0 Å². The summed E-state index contributed by atoms with van der Waals surface area (Å²) in [4.78, 5) is 30.6. The first-order valence-corrected chi connectivity index (χ1v) is 10.5. The maximum atomic E-state index is 12.5. The summed E-state index contributed by atoms with van der Waals surface area (Å²) in [5, 5.41) is 0. The van der Waals surface area contributed by atoms with Crippen molar-refractivity contribution in [2.75, 3.05) is 45.8 Å². The van der Waals surface area contributed by atoms with E-state index < -0.39 is 0 Å². The molecule has 0 atom stereocenters. The van der Waals surface area contributed by atoms with Crippen LogP contribution in [0.2, 0.25) is 0 Å². The Morgan fingerprint density at radius 1 is 0.889 bits per heavy atom. The number of nitrogens with zero attached hydrogens (tertiary/aromatic N) is 3. The van der Waals surface area contributed by atoms with E-state index in [-0.39, 0.29) is 11.8 Å². The van der Waals surface area contributed by atoms with E-state index >= 15 is 0 Å². The van der Waals surface area contributed by atoms with Gasteiger partial charge in [0.25, 0.3) is 0 Å². The molecule has 1 aromatic carbocycles. The third-order valence-electron chi connectivity index (χ3n) is 5.71. The van der Waals surface area contributed by atoms with Crippen molar-refractivity contribution >= 4 is 11.8 Å². The average Bonchev–Trinajstić information content (AvgIpc) is 2.94. The quantitative estimate of drug-likeness (QED) is 0.705. The van der Waals surface area contributed by atoms with Crippen molar-refractivity contribution in [3.05, 3.63) is 35.9 Å². The molecule has 0 saturated carbocycles. The van der Waals surface area contributed by atoms with Gasteiger partial charge < -0.3 is 14.7 Å². The summed E-state index contributed by atoms with van der Waals surface area (Å²) in [6.07, 6.45) is 6.36. The second kappa shape index (κ2) is 10.5. The summed E-state index contributed by atoms with van der Waals surface area (Å²) in [5.74, 6) is 0.510. The monoisotopic (exact) mass is 371 g/mol. The van der Waals surface area contributed by atoms with Gasteiger partial charge in [0.2, 0.25) is 11.8 Å². The molecule has 3 rings (SSSR count). The van der Waals surface area contributed by atoms with Gasteiger partial charge in [-0.1, -0.05) is 30.3 Å². The summed E-state index contributed by atoms with van der Waals surface area (Å²) >= 11 is 0. The Bertz CT molecular complexity index is 605. The van der Waals surface area contributed by atoms with Gasteiger partial charge in [-0.05, 0) is 50.8 Å². The summed E-state index contributed by atoms with van der Waals surface area (Å²) in [6.45, 7) is 6.49. The van der Waals surface area contributed by atoms with Crippen LogP contribution in [0.25, 0.3) is 0 Å². The molecule has 2 amide bonds. The molecule has 5 heteroatoms. The predicted molar refractivity (Wildman–Crippen MR) is 107 cm³/mol. The number of amides is 2. The van der Waals surface area contributed by atoms with Gasteiger partial charge in [0.15, 0.2) is 0 Å². The second-order valence-corrected chi connectivity index (χ2v) is 7.75. The largest absolute Gasteiger partial charge is 0.343 e. The number of carbonyl (C=O) groups is 2. The van der Waals surface area contributed by atoms with Crippen LogP contribution in [0.1, 0.15) is 44.1 Å². The van der Waals surface area contributed by atoms with Crippen LogP contribution in [0.15, 0.2) is 30.3 Å². The van der Waals surface area contributed by atoms with Crippen molar-refractivity contribution in [3.8, 4) is 0 Å². The predicted octanol–water partition coefficient (Wildman–Crippen LogP) is 2.56. The van der Waals surface area contributed by atoms with Crippen molar-refractivity contribution in [1.29, 1.82) is 0 Å². The lowest BCUT2D eigenvalue weighted by Crippen LogP contribution is -2.36. The molecule has 0 aliphatic carbocycles. The molecule has 2 aliphatic heterocycles. The molecular formula is C22H33N3O2. The fourth-order valence-electron chi connectivity index (χ4n) is 4.12. The van der Waals surface area contributed by atoms with Crippen LogP contribution in [0, 0.1) is 0 Å². The van der Waals surface area contributed by atoms with Crippen LogP contribution >= 0.6 is 0 Å². The molecule has 1 aromatic rings. The van der Waals surface area contributed by atoms with E-state index in [9.17, 15) is 9.59 Å². The Labute approximate surface area is 163 Å². The van der Waals surface area contributed by atoms with E-state index in [0.717, 1.165) is 71.5 Å². The average molecular weight is 372 g/mol. The minimum absolute atomic E-state index is 0.253. The number of rotatable bonds is 8. The van der Waals surface area contributed by atoms with E-state index in [4.69, 9.17) is 0 Å². The molecule has 0 radical (unpaired) electrons. The van der Waals surface area contributed by atoms with Gasteiger partial charge in [-0.15, -0.1) is 0 Å². The minimum atomic E-state index is 0.253. The highest BCUT2D eigenvalue weighted by Crippen LogP contribution is 2.12. The maximum absolute atomic E-state index is 12.5. The topological polar surface area (TPSA) is 43.9 Å². The summed E-state index contributed by atoms with van der Waals surface area (Å²) in [5.41, 5.74) is 1.40. The third kappa shape index (κ3) is 6.35. The molecule has 0 N–H and O–H groups in total. The van der Waals surface area contributed by atoms with E-state index in [1.54, 1.807) is 0 Å². The van der Waals surface area contributed by atoms with Gasteiger partial charge >= 0.3 is 0 Å². The van der Waals surface area contributed by atoms with Crippen molar-refractivity contribution in [2.45, 2.75) is 44.9 Å². The molecule has 0 bridgehead atoms. The lowest BCUT2D eigenvalue weighted by atomic mass is 10.1. The van der Waals surface area contributed by atoms with Gasteiger partial charge in [-0.25, -0.2) is 0 Å². The lowest BCUT2D eigenvalue weighted by Gasteiger charge is -2.22. The molecule has 2 aliphatic rings. The van der Waals surface area contributed by atoms with E-state index in [1.807, 2.05) is 9.80 Å². The molecule has 0 aromatic heterocycles. The second-order valence-electron chi connectivity index (χ2n) is 7.75. The first kappa shape index (κ1) is 19.9. The van der Waals surface area contributed by atoms with Crippen molar-refractivity contribution < 1.29 is 9.59 Å². The van der Waals surface area contributed by atoms with Crippen LogP contribution in [0.3, 0.4) is 0 Å². The summed E-state index contributed by atoms with van der Waals surface area (Å²) in [6, 6.07) is 10.7. The Morgan fingerprint density at radius 3 is 2.52 bits per heavy atom. The van der Waals surface area contributed by atoms with Gasteiger partial charge in [-0.3, -0.25) is 9.59 Å². The Balaban J connectivity index is 1.32. The Morgan fingerprint density at radius 2 is 1.74 bits per heavy atom. The Kier molecular flexibility index (Phi) is 7.69. The normalized spacial score (nSPS) is 18.7. The van der Waals surface area contributed by atoms with Crippen molar-refractivity contribution in [2.24, 2.45) is 0 Å². The third-order valence-corrected chi connectivity index (χ3v) is 5.71. The SMILES string of the molecule is O=C1CCCN1CCCC(=O)N1CCCN(CCCc2ccccc2)CC1. The molecule has 148 valence electrons. The summed E-state index contributed by atoms with van der Waals surface area (Å²) in [7, 11) is 0. The molecule has 0 spiro atoms. The van der Waals surface area contributed by atoms with Crippen LogP contribution < -0.4 is 0 Å². The van der Waals surface area contributed by atoms with Crippen molar-refractivity contribution in [3.63, 3.8) is 0 Å². The molecule has 5 nitrogen and oxygen atoms in total. The number of benzene rings is 1. The highest BCUT2D eigenvalue weighted by Gasteiger charge is 2.21. The summed E-state index contributed by atoms with van der Waals surface area (Å²) < 4.78 is 0. The van der Waals surface area contributed by atoms with E-state index in [2.05, 4.69) is 35.2 Å². The van der Waals surface area contributed by atoms with Crippen LogP contribution in [0.4, 0.5) is 0 Å².